The zero-order chi connectivity index (χ0) is 36.4. The Kier molecular flexibility index (Phi) is 8.10. The van der Waals surface area contributed by atoms with Gasteiger partial charge in [-0.25, -0.2) is 0 Å². The molecule has 0 N–H and O–H groups in total. The summed E-state index contributed by atoms with van der Waals surface area (Å²) in [6, 6.07) is 49.1. The van der Waals surface area contributed by atoms with Crippen molar-refractivity contribution in [3.05, 3.63) is 145 Å². The lowest BCUT2D eigenvalue weighted by atomic mass is 9.78. The van der Waals surface area contributed by atoms with Crippen molar-refractivity contribution in [2.75, 3.05) is 14.2 Å². The van der Waals surface area contributed by atoms with Crippen molar-refractivity contribution in [1.82, 2.24) is 0 Å². The zero-order valence-electron chi connectivity index (χ0n) is 31.5. The van der Waals surface area contributed by atoms with Gasteiger partial charge in [0, 0.05) is 21.5 Å². The minimum Gasteiger partial charge on any atom is -0.495 e. The Morgan fingerprint density at radius 2 is 0.596 bits per heavy atom. The number of benzene rings is 8. The third-order valence-corrected chi connectivity index (χ3v) is 10.8. The van der Waals surface area contributed by atoms with Crippen LogP contribution in [-0.2, 0) is 10.8 Å². The van der Waals surface area contributed by atoms with E-state index in [9.17, 15) is 0 Å². The van der Waals surface area contributed by atoms with E-state index in [4.69, 9.17) is 9.47 Å². The molecule has 8 aromatic carbocycles. The Morgan fingerprint density at radius 3 is 0.846 bits per heavy atom. The molecule has 2 heteroatoms. The Labute approximate surface area is 307 Å². The van der Waals surface area contributed by atoms with E-state index < -0.39 is 0 Å². The number of fused-ring (bicyclic) bond motifs is 4. The highest BCUT2D eigenvalue weighted by molar-refractivity contribution is 6.21. The third kappa shape index (κ3) is 5.40. The molecule has 8 aromatic rings. The predicted octanol–water partition coefficient (Wildman–Crippen LogP) is 13.9. The average molecular weight is 679 g/mol. The molecule has 0 heterocycles. The molecule has 0 saturated carbocycles. The molecule has 52 heavy (non-hydrogen) atoms. The maximum Gasteiger partial charge on any atom is 0.134 e. The minimum absolute atomic E-state index is 0.0489. The van der Waals surface area contributed by atoms with Gasteiger partial charge in [-0.15, -0.1) is 0 Å². The summed E-state index contributed by atoms with van der Waals surface area (Å²) in [5, 5.41) is 9.17. The Bertz CT molecular complexity index is 2360. The number of rotatable bonds is 5. The summed E-state index contributed by atoms with van der Waals surface area (Å²) in [5.74, 6) is 1.82. The van der Waals surface area contributed by atoms with E-state index in [2.05, 4.69) is 175 Å². The highest BCUT2D eigenvalue weighted by Crippen LogP contribution is 2.51. The van der Waals surface area contributed by atoms with E-state index in [1.165, 1.54) is 66.1 Å². The van der Waals surface area contributed by atoms with Crippen molar-refractivity contribution >= 4 is 43.1 Å². The van der Waals surface area contributed by atoms with E-state index in [0.717, 1.165) is 33.0 Å². The summed E-state index contributed by atoms with van der Waals surface area (Å²) in [5.41, 5.74) is 9.78. The van der Waals surface area contributed by atoms with Gasteiger partial charge in [-0.3, -0.25) is 0 Å². The first-order valence-corrected chi connectivity index (χ1v) is 18.3. The summed E-state index contributed by atoms with van der Waals surface area (Å²) in [4.78, 5) is 0. The van der Waals surface area contributed by atoms with Crippen LogP contribution in [0.1, 0.15) is 52.7 Å². The fourth-order valence-electron chi connectivity index (χ4n) is 8.10. The molecule has 0 aliphatic heterocycles. The lowest BCUT2D eigenvalue weighted by Crippen LogP contribution is -2.12. The van der Waals surface area contributed by atoms with Gasteiger partial charge in [0.1, 0.15) is 11.5 Å². The molecule has 0 aliphatic carbocycles. The van der Waals surface area contributed by atoms with Crippen LogP contribution in [0.15, 0.2) is 133 Å². The molecule has 0 aromatic heterocycles. The maximum absolute atomic E-state index is 6.14. The third-order valence-electron chi connectivity index (χ3n) is 10.8. The number of ether oxygens (including phenoxy) is 2. The predicted molar refractivity (Wildman–Crippen MR) is 223 cm³/mol. The Hall–Kier alpha value is -5.60. The second kappa shape index (κ2) is 12.6. The van der Waals surface area contributed by atoms with Crippen molar-refractivity contribution in [1.29, 1.82) is 0 Å². The molecule has 0 amide bonds. The summed E-state index contributed by atoms with van der Waals surface area (Å²) in [6.45, 7) is 13.8. The molecule has 258 valence electrons. The highest BCUT2D eigenvalue weighted by Gasteiger charge is 2.26. The van der Waals surface area contributed by atoms with Crippen LogP contribution in [0, 0.1) is 0 Å². The molecule has 0 bridgehead atoms. The lowest BCUT2D eigenvalue weighted by Gasteiger charge is -2.26. The maximum atomic E-state index is 6.14. The summed E-state index contributed by atoms with van der Waals surface area (Å²) >= 11 is 0. The van der Waals surface area contributed by atoms with Crippen LogP contribution in [0.2, 0.25) is 0 Å². The van der Waals surface area contributed by atoms with Crippen LogP contribution < -0.4 is 9.47 Å². The van der Waals surface area contributed by atoms with E-state index in [-0.39, 0.29) is 10.8 Å². The van der Waals surface area contributed by atoms with E-state index in [1.807, 2.05) is 0 Å². The first kappa shape index (κ1) is 33.5. The lowest BCUT2D eigenvalue weighted by molar-refractivity contribution is 0.424. The minimum atomic E-state index is -0.0489. The van der Waals surface area contributed by atoms with Crippen LogP contribution in [0.4, 0.5) is 0 Å². The molecule has 2 nitrogen and oxygen atoms in total. The molecule has 8 rings (SSSR count). The van der Waals surface area contributed by atoms with Crippen molar-refractivity contribution in [3.8, 4) is 44.9 Å². The molecule has 0 spiro atoms. The average Bonchev–Trinajstić information content (AvgIpc) is 3.14. The topological polar surface area (TPSA) is 18.5 Å². The summed E-state index contributed by atoms with van der Waals surface area (Å²) < 4.78 is 12.3. The van der Waals surface area contributed by atoms with Crippen LogP contribution in [0.3, 0.4) is 0 Å². The first-order valence-electron chi connectivity index (χ1n) is 18.3. The summed E-state index contributed by atoms with van der Waals surface area (Å²) in [6.07, 6.45) is 0. The number of methoxy groups -OCH3 is 2. The fourth-order valence-corrected chi connectivity index (χ4v) is 8.10. The van der Waals surface area contributed by atoms with Gasteiger partial charge in [-0.05, 0) is 89.0 Å². The van der Waals surface area contributed by atoms with Crippen molar-refractivity contribution in [3.63, 3.8) is 0 Å². The quantitative estimate of drug-likeness (QED) is 0.169. The van der Waals surface area contributed by atoms with Gasteiger partial charge in [0.2, 0.25) is 0 Å². The number of hydrogen-bond donors (Lipinski definition) is 0. The van der Waals surface area contributed by atoms with Crippen molar-refractivity contribution < 1.29 is 9.47 Å². The van der Waals surface area contributed by atoms with Gasteiger partial charge in [0.05, 0.1) is 14.2 Å². The molecule has 0 saturated heterocycles. The Morgan fingerprint density at radius 1 is 0.327 bits per heavy atom. The Balaban J connectivity index is 1.57. The molecule has 0 unspecified atom stereocenters. The molecule has 0 fully saturated rings. The molecular formula is C50H46O2. The normalized spacial score (nSPS) is 12.2. The first-order chi connectivity index (χ1) is 25.0. The van der Waals surface area contributed by atoms with Gasteiger partial charge in [-0.2, -0.15) is 0 Å². The second-order valence-electron chi connectivity index (χ2n) is 16.0. The van der Waals surface area contributed by atoms with Crippen LogP contribution in [0.5, 0.6) is 11.5 Å². The smallest absolute Gasteiger partial charge is 0.134 e. The van der Waals surface area contributed by atoms with Crippen molar-refractivity contribution in [2.45, 2.75) is 52.4 Å². The standard InChI is InChI=1S/C50H46O2/c1-49(2,3)31-25-27-33(43(29-31)45-35-17-9-13-21-39(35)47(51-7)40-22-14-10-18-36(40)45)34-28-26-32(50(4,5)6)30-44(34)46-37-19-11-15-23-41(37)48(52-8)42-24-16-12-20-38(42)46/h9-30H,1-8H3. The molecule has 0 atom stereocenters. The van der Waals surface area contributed by atoms with Gasteiger partial charge in [-0.1, -0.05) is 163 Å². The van der Waals surface area contributed by atoms with E-state index >= 15 is 0 Å². The largest absolute Gasteiger partial charge is 0.495 e. The summed E-state index contributed by atoms with van der Waals surface area (Å²) in [7, 11) is 3.57. The van der Waals surface area contributed by atoms with Crippen LogP contribution in [0.25, 0.3) is 76.5 Å². The van der Waals surface area contributed by atoms with Crippen molar-refractivity contribution in [2.24, 2.45) is 0 Å². The van der Waals surface area contributed by atoms with Gasteiger partial charge in [0.25, 0.3) is 0 Å². The second-order valence-corrected chi connectivity index (χ2v) is 16.0. The monoisotopic (exact) mass is 678 g/mol. The van der Waals surface area contributed by atoms with Crippen LogP contribution in [-0.4, -0.2) is 14.2 Å². The SMILES string of the molecule is COc1c2ccccc2c(-c2cc(C(C)(C)C)ccc2-c2ccc(C(C)(C)C)cc2-c2c3ccccc3c(OC)c3ccccc23)c2ccccc12. The van der Waals surface area contributed by atoms with E-state index in [0.29, 0.717) is 0 Å². The van der Waals surface area contributed by atoms with E-state index in [1.54, 1.807) is 14.2 Å². The fraction of sp³-hybridized carbons (Fsp3) is 0.200. The highest BCUT2D eigenvalue weighted by atomic mass is 16.5. The molecule has 0 aliphatic rings. The molecule has 0 radical (unpaired) electrons. The molecular weight excluding hydrogens is 633 g/mol. The van der Waals surface area contributed by atoms with Gasteiger partial charge < -0.3 is 9.47 Å². The zero-order valence-corrected chi connectivity index (χ0v) is 31.5. The number of hydrogen-bond acceptors (Lipinski definition) is 2. The van der Waals surface area contributed by atoms with Gasteiger partial charge >= 0.3 is 0 Å². The van der Waals surface area contributed by atoms with Gasteiger partial charge in [0.15, 0.2) is 0 Å². The van der Waals surface area contributed by atoms with Crippen LogP contribution >= 0.6 is 0 Å².